The minimum atomic E-state index is -0.568. The van der Waals surface area contributed by atoms with Crippen LogP contribution < -0.4 is 9.64 Å². The Morgan fingerprint density at radius 3 is 2.58 bits per heavy atom. The van der Waals surface area contributed by atoms with Crippen molar-refractivity contribution >= 4 is 55.3 Å². The molecule has 1 amide bonds. The first kappa shape index (κ1) is 20.4. The first-order valence-electron chi connectivity index (χ1n) is 10.2. The van der Waals surface area contributed by atoms with Gasteiger partial charge in [0.25, 0.3) is 5.91 Å². The van der Waals surface area contributed by atoms with Crippen molar-refractivity contribution in [2.24, 2.45) is 0 Å². The Morgan fingerprint density at radius 2 is 1.77 bits per heavy atom. The molecule has 4 aromatic rings. The Morgan fingerprint density at radius 1 is 1.03 bits per heavy atom. The monoisotopic (exact) mass is 463 g/mol. The second kappa shape index (κ2) is 7.55. The molecule has 0 bridgehead atoms. The topological polar surface area (TPSA) is 29.5 Å². The van der Waals surface area contributed by atoms with Gasteiger partial charge in [-0.05, 0) is 43.7 Å². The molecule has 1 aliphatic rings. The zero-order chi connectivity index (χ0) is 21.8. The number of rotatable bonds is 3. The molecule has 0 spiro atoms. The van der Waals surface area contributed by atoms with Gasteiger partial charge in [0.2, 0.25) is 0 Å². The van der Waals surface area contributed by atoms with Gasteiger partial charge in [-0.3, -0.25) is 9.69 Å². The van der Waals surface area contributed by atoms with E-state index in [0.717, 1.165) is 36.3 Å². The quantitative estimate of drug-likeness (QED) is 0.231. The largest absolute Gasteiger partial charge is 0.492 e. The van der Waals surface area contributed by atoms with E-state index in [1.54, 1.807) is 20.7 Å². The molecular formula is C25H21NO2S3. The van der Waals surface area contributed by atoms with Crippen molar-refractivity contribution in [1.29, 1.82) is 0 Å². The van der Waals surface area contributed by atoms with Crippen molar-refractivity contribution in [3.63, 3.8) is 0 Å². The normalized spacial score (nSPS) is 14.2. The summed E-state index contributed by atoms with van der Waals surface area (Å²) in [7, 11) is 3.26. The first-order valence-corrected chi connectivity index (χ1v) is 12.7. The smallest absolute Gasteiger partial charge is 0.259 e. The van der Waals surface area contributed by atoms with E-state index in [1.807, 2.05) is 72.5 Å². The van der Waals surface area contributed by atoms with Crippen molar-refractivity contribution in [1.82, 2.24) is 0 Å². The third-order valence-electron chi connectivity index (χ3n) is 5.76. The van der Waals surface area contributed by atoms with E-state index in [0.29, 0.717) is 17.9 Å². The van der Waals surface area contributed by atoms with Crippen molar-refractivity contribution in [3.8, 4) is 16.9 Å². The first-order chi connectivity index (χ1) is 14.9. The zero-order valence-electron chi connectivity index (χ0n) is 17.5. The van der Waals surface area contributed by atoms with E-state index in [4.69, 9.17) is 17.0 Å². The minimum absolute atomic E-state index is 0.0369. The van der Waals surface area contributed by atoms with Gasteiger partial charge in [-0.15, -0.1) is 0 Å². The van der Waals surface area contributed by atoms with Crippen LogP contribution in [0.4, 0.5) is 5.69 Å². The summed E-state index contributed by atoms with van der Waals surface area (Å²) in [6.45, 7) is 6.67. The van der Waals surface area contributed by atoms with Crippen LogP contribution in [0.25, 0.3) is 21.9 Å². The van der Waals surface area contributed by atoms with Gasteiger partial charge in [-0.25, -0.2) is 0 Å². The van der Waals surface area contributed by atoms with E-state index in [9.17, 15) is 4.79 Å². The van der Waals surface area contributed by atoms with Crippen molar-refractivity contribution in [2.45, 2.75) is 26.3 Å². The van der Waals surface area contributed by atoms with Gasteiger partial charge < -0.3 is 4.74 Å². The maximum absolute atomic E-state index is 14.2. The Labute approximate surface area is 193 Å². The Balaban J connectivity index is 1.81. The Bertz CT molecular complexity index is 1380. The Kier molecular flexibility index (Phi) is 4.96. The maximum atomic E-state index is 14.2. The lowest BCUT2D eigenvalue weighted by atomic mass is 9.86. The number of nitrogens with zero attached hydrogens (tertiary/aromatic N) is 1. The molecule has 5 rings (SSSR count). The molecule has 31 heavy (non-hydrogen) atoms. The highest BCUT2D eigenvalue weighted by molar-refractivity contribution is 7.80. The third kappa shape index (κ3) is 3.04. The summed E-state index contributed by atoms with van der Waals surface area (Å²) < 4.78 is 6.87. The number of carbonyl (C=O) groups excluding carboxylic acids is 1. The Hall–Kier alpha value is -2.54. The van der Waals surface area contributed by atoms with Gasteiger partial charge in [-0.1, -0.05) is 81.4 Å². The molecular weight excluding hydrogens is 442 g/mol. The summed E-state index contributed by atoms with van der Waals surface area (Å²) in [4.78, 5) is 17.3. The second-order valence-electron chi connectivity index (χ2n) is 7.97. The summed E-state index contributed by atoms with van der Waals surface area (Å²) in [5.41, 5.74) is 2.95. The van der Waals surface area contributed by atoms with Crippen LogP contribution in [0.15, 0.2) is 60.7 Å². The predicted molar refractivity (Wildman–Crippen MR) is 133 cm³/mol. The fourth-order valence-corrected chi connectivity index (χ4v) is 7.67. The molecule has 3 nitrogen and oxygen atoms in total. The van der Waals surface area contributed by atoms with E-state index in [2.05, 4.69) is 13.8 Å². The maximum Gasteiger partial charge on any atom is 0.259 e. The summed E-state index contributed by atoms with van der Waals surface area (Å²) in [5.74, 6) is 0.670. The van der Waals surface area contributed by atoms with E-state index in [-0.39, 0.29) is 5.91 Å². The standard InChI is InChI=1S/C25H21NO2S3/c1-4-28-19-14-8-13-18-20-22(30-31-24(20)29)25(2,3)26(21(18)19)23(27)17-12-7-10-15-9-5-6-11-16(15)17/h5-14H,4H2,1-3H3. The summed E-state index contributed by atoms with van der Waals surface area (Å²) in [6, 6.07) is 19.9. The SMILES string of the molecule is CCOc1cccc2c1N(C(=O)c1cccc3ccccc13)C(C)(C)c1ssc(=S)c1-2. The lowest BCUT2D eigenvalue weighted by molar-refractivity contribution is 0.0962. The molecule has 0 aliphatic carbocycles. The van der Waals surface area contributed by atoms with Crippen LogP contribution in [0, 0.1) is 3.82 Å². The fourth-order valence-electron chi connectivity index (χ4n) is 4.39. The van der Waals surface area contributed by atoms with Gasteiger partial charge in [-0.2, -0.15) is 0 Å². The summed E-state index contributed by atoms with van der Waals surface area (Å²) in [6.07, 6.45) is 0. The van der Waals surface area contributed by atoms with Gasteiger partial charge in [0, 0.05) is 16.7 Å². The van der Waals surface area contributed by atoms with Gasteiger partial charge >= 0.3 is 0 Å². The van der Waals surface area contributed by atoms with Crippen molar-refractivity contribution in [3.05, 3.63) is 74.9 Å². The van der Waals surface area contributed by atoms with Crippen LogP contribution in [0.5, 0.6) is 5.75 Å². The number of fused-ring (bicyclic) bond motifs is 4. The summed E-state index contributed by atoms with van der Waals surface area (Å²) in [5, 5.41) is 2.00. The fraction of sp³-hybridized carbons (Fsp3) is 0.200. The van der Waals surface area contributed by atoms with E-state index >= 15 is 0 Å². The molecule has 1 aliphatic heterocycles. The number of benzene rings is 3. The molecule has 0 atom stereocenters. The van der Waals surface area contributed by atoms with Crippen LogP contribution >= 0.6 is 32.9 Å². The van der Waals surface area contributed by atoms with E-state index in [1.165, 1.54) is 0 Å². The second-order valence-corrected chi connectivity index (χ2v) is 10.8. The highest BCUT2D eigenvalue weighted by atomic mass is 32.9. The average molecular weight is 464 g/mol. The molecule has 0 N–H and O–H groups in total. The number of para-hydroxylation sites is 1. The average Bonchev–Trinajstić information content (AvgIpc) is 3.16. The lowest BCUT2D eigenvalue weighted by Crippen LogP contribution is -2.48. The minimum Gasteiger partial charge on any atom is -0.492 e. The van der Waals surface area contributed by atoms with Crippen molar-refractivity contribution in [2.75, 3.05) is 11.5 Å². The summed E-state index contributed by atoms with van der Waals surface area (Å²) >= 11 is 5.70. The number of anilines is 1. The van der Waals surface area contributed by atoms with Gasteiger partial charge in [0.1, 0.15) is 9.57 Å². The van der Waals surface area contributed by atoms with Crippen LogP contribution in [-0.2, 0) is 5.54 Å². The number of hydrogen-bond donors (Lipinski definition) is 0. The zero-order valence-corrected chi connectivity index (χ0v) is 19.9. The van der Waals surface area contributed by atoms with Gasteiger partial charge in [0.15, 0.2) is 0 Å². The molecule has 2 heterocycles. The molecule has 3 aromatic carbocycles. The number of hydrogen-bond acceptors (Lipinski definition) is 5. The van der Waals surface area contributed by atoms with Crippen molar-refractivity contribution < 1.29 is 9.53 Å². The highest BCUT2D eigenvalue weighted by Crippen LogP contribution is 2.55. The molecule has 156 valence electrons. The van der Waals surface area contributed by atoms with Crippen LogP contribution in [0.2, 0.25) is 0 Å². The third-order valence-corrected chi connectivity index (χ3v) is 9.09. The van der Waals surface area contributed by atoms with Crippen LogP contribution in [0.1, 0.15) is 36.0 Å². The predicted octanol–water partition coefficient (Wildman–Crippen LogP) is 7.65. The molecule has 0 unspecified atom stereocenters. The molecule has 0 saturated heterocycles. The van der Waals surface area contributed by atoms with Crippen LogP contribution in [0.3, 0.4) is 0 Å². The molecule has 6 heteroatoms. The molecule has 1 aromatic heterocycles. The van der Waals surface area contributed by atoms with Crippen LogP contribution in [-0.4, -0.2) is 12.5 Å². The van der Waals surface area contributed by atoms with Gasteiger partial charge in [0.05, 0.1) is 22.7 Å². The van der Waals surface area contributed by atoms with E-state index < -0.39 is 5.54 Å². The number of amides is 1. The number of ether oxygens (including phenoxy) is 1. The molecule has 0 radical (unpaired) electrons. The lowest BCUT2D eigenvalue weighted by Gasteiger charge is -2.43. The number of carbonyl (C=O) groups is 1. The molecule has 0 fully saturated rings. The highest BCUT2D eigenvalue weighted by Gasteiger charge is 2.45. The molecule has 0 saturated carbocycles.